The standard InChI is InChI=1S/C39H51N3/c1-11-13-22-36(41-38-30(26(3)4)18-15-19-31(38)27(5)6)34-24-17-25-35(40-34)37(23-14-12-2)42-39-32(28(7)8)20-16-21-33(39)29(9)10/h11-12,15-21,24-29H,1-2,13-14,22-23H2,3-10H3. The van der Waals surface area contributed by atoms with Crippen LogP contribution in [0.25, 0.3) is 0 Å². The van der Waals surface area contributed by atoms with E-state index in [-0.39, 0.29) is 0 Å². The van der Waals surface area contributed by atoms with Crippen LogP contribution in [0.1, 0.15) is 138 Å². The number of hydrogen-bond donors (Lipinski definition) is 0. The van der Waals surface area contributed by atoms with Crippen LogP contribution in [-0.2, 0) is 0 Å². The second kappa shape index (κ2) is 15.6. The Morgan fingerprint density at radius 1 is 0.571 bits per heavy atom. The summed E-state index contributed by atoms with van der Waals surface area (Å²) >= 11 is 0. The quantitative estimate of drug-likeness (QED) is 0.142. The Labute approximate surface area is 255 Å². The van der Waals surface area contributed by atoms with E-state index in [1.807, 2.05) is 12.2 Å². The third-order valence-corrected chi connectivity index (χ3v) is 7.69. The maximum absolute atomic E-state index is 5.38. The van der Waals surface area contributed by atoms with Gasteiger partial charge in [0, 0.05) is 0 Å². The molecular formula is C39H51N3. The molecule has 3 aromatic rings. The van der Waals surface area contributed by atoms with Gasteiger partial charge in [-0.2, -0.15) is 0 Å². The maximum atomic E-state index is 5.38. The van der Waals surface area contributed by atoms with Crippen LogP contribution in [0.3, 0.4) is 0 Å². The van der Waals surface area contributed by atoms with Crippen LogP contribution in [0.2, 0.25) is 0 Å². The van der Waals surface area contributed by atoms with Crippen molar-refractivity contribution in [2.45, 2.75) is 105 Å². The first-order valence-electron chi connectivity index (χ1n) is 15.7. The van der Waals surface area contributed by atoms with E-state index in [4.69, 9.17) is 15.0 Å². The lowest BCUT2D eigenvalue weighted by molar-refractivity contribution is 0.834. The molecule has 3 heteroatoms. The van der Waals surface area contributed by atoms with E-state index in [2.05, 4.69) is 123 Å². The van der Waals surface area contributed by atoms with Crippen LogP contribution in [0, 0.1) is 0 Å². The van der Waals surface area contributed by atoms with E-state index in [9.17, 15) is 0 Å². The fraction of sp³-hybridized carbons (Fsp3) is 0.410. The first kappa shape index (κ1) is 32.9. The number of nitrogens with zero attached hydrogens (tertiary/aromatic N) is 3. The predicted molar refractivity (Wildman–Crippen MR) is 185 cm³/mol. The van der Waals surface area contributed by atoms with Gasteiger partial charge in [0.05, 0.1) is 34.2 Å². The topological polar surface area (TPSA) is 37.6 Å². The molecule has 0 aliphatic rings. The first-order valence-corrected chi connectivity index (χ1v) is 15.7. The molecule has 0 N–H and O–H groups in total. The van der Waals surface area contributed by atoms with E-state index in [0.717, 1.165) is 59.9 Å². The molecule has 3 rings (SSSR count). The van der Waals surface area contributed by atoms with E-state index >= 15 is 0 Å². The first-order chi connectivity index (χ1) is 20.1. The summed E-state index contributed by atoms with van der Waals surface area (Å²) in [6, 6.07) is 19.4. The molecule has 0 aliphatic carbocycles. The van der Waals surface area contributed by atoms with Crippen molar-refractivity contribution >= 4 is 22.8 Å². The molecule has 3 nitrogen and oxygen atoms in total. The molecule has 2 aromatic carbocycles. The maximum Gasteiger partial charge on any atom is 0.0852 e. The summed E-state index contributed by atoms with van der Waals surface area (Å²) in [7, 11) is 0. The number of aliphatic imine (C=N–C) groups is 2. The molecule has 0 atom stereocenters. The average molecular weight is 562 g/mol. The minimum atomic E-state index is 0.371. The van der Waals surface area contributed by atoms with Gasteiger partial charge in [0.2, 0.25) is 0 Å². The van der Waals surface area contributed by atoms with Crippen LogP contribution in [0.5, 0.6) is 0 Å². The highest BCUT2D eigenvalue weighted by Gasteiger charge is 2.18. The number of pyridine rings is 1. The summed E-state index contributed by atoms with van der Waals surface area (Å²) in [6.45, 7) is 25.9. The summed E-state index contributed by atoms with van der Waals surface area (Å²) in [5.41, 5.74) is 11.0. The molecule has 0 saturated heterocycles. The van der Waals surface area contributed by atoms with Gasteiger partial charge in [-0.05, 0) is 83.7 Å². The summed E-state index contributed by atoms with van der Waals surface area (Å²) < 4.78 is 0. The van der Waals surface area contributed by atoms with Crippen LogP contribution in [0.4, 0.5) is 11.4 Å². The summed E-state index contributed by atoms with van der Waals surface area (Å²) in [5, 5.41) is 0. The van der Waals surface area contributed by atoms with Gasteiger partial charge in [-0.3, -0.25) is 9.98 Å². The summed E-state index contributed by atoms with van der Waals surface area (Å²) in [6.07, 6.45) is 7.15. The predicted octanol–water partition coefficient (Wildman–Crippen LogP) is 11.7. The number of hydrogen-bond acceptors (Lipinski definition) is 3. The molecule has 0 fully saturated rings. The van der Waals surface area contributed by atoms with Gasteiger partial charge in [-0.1, -0.05) is 110 Å². The van der Waals surface area contributed by atoms with Gasteiger partial charge in [-0.25, -0.2) is 4.98 Å². The largest absolute Gasteiger partial charge is 0.251 e. The summed E-state index contributed by atoms with van der Waals surface area (Å²) in [5.74, 6) is 1.49. The highest BCUT2D eigenvalue weighted by molar-refractivity contribution is 6.04. The Balaban J connectivity index is 2.25. The van der Waals surface area contributed by atoms with Gasteiger partial charge < -0.3 is 0 Å². The molecule has 0 amide bonds. The van der Waals surface area contributed by atoms with Crippen LogP contribution in [0.15, 0.2) is 89.9 Å². The zero-order valence-corrected chi connectivity index (χ0v) is 27.2. The highest BCUT2D eigenvalue weighted by Crippen LogP contribution is 2.37. The SMILES string of the molecule is C=CCCC(=Nc1c(C(C)C)cccc1C(C)C)c1cccc(C(CCC=C)=Nc2c(C(C)C)cccc2C(C)C)n1. The van der Waals surface area contributed by atoms with Gasteiger partial charge in [0.15, 0.2) is 0 Å². The second-order valence-corrected chi connectivity index (χ2v) is 12.4. The van der Waals surface area contributed by atoms with E-state index in [1.165, 1.54) is 22.3 Å². The van der Waals surface area contributed by atoms with Gasteiger partial charge in [0.25, 0.3) is 0 Å². The number of para-hydroxylation sites is 2. The van der Waals surface area contributed by atoms with Crippen molar-refractivity contribution < 1.29 is 0 Å². The lowest BCUT2D eigenvalue weighted by Gasteiger charge is -2.19. The molecule has 42 heavy (non-hydrogen) atoms. The molecule has 0 unspecified atom stereocenters. The van der Waals surface area contributed by atoms with Crippen molar-refractivity contribution in [3.63, 3.8) is 0 Å². The molecule has 1 aromatic heterocycles. The normalized spacial score (nSPS) is 12.6. The van der Waals surface area contributed by atoms with Crippen molar-refractivity contribution in [1.29, 1.82) is 0 Å². The third-order valence-electron chi connectivity index (χ3n) is 7.69. The molecule has 0 spiro atoms. The number of benzene rings is 2. The Hall–Kier alpha value is -3.59. The molecule has 0 radical (unpaired) electrons. The second-order valence-electron chi connectivity index (χ2n) is 12.4. The number of rotatable bonds is 14. The van der Waals surface area contributed by atoms with Crippen molar-refractivity contribution in [1.82, 2.24) is 4.98 Å². The van der Waals surface area contributed by atoms with E-state index < -0.39 is 0 Å². The van der Waals surface area contributed by atoms with Gasteiger partial charge in [-0.15, -0.1) is 13.2 Å². The minimum Gasteiger partial charge on any atom is -0.251 e. The molecule has 1 heterocycles. The van der Waals surface area contributed by atoms with Crippen LogP contribution in [-0.4, -0.2) is 16.4 Å². The van der Waals surface area contributed by atoms with Crippen molar-refractivity contribution in [2.24, 2.45) is 9.98 Å². The van der Waals surface area contributed by atoms with Gasteiger partial charge >= 0.3 is 0 Å². The molecule has 0 bridgehead atoms. The number of aromatic nitrogens is 1. The molecule has 0 saturated carbocycles. The fourth-order valence-electron chi connectivity index (χ4n) is 5.27. The fourth-order valence-corrected chi connectivity index (χ4v) is 5.27. The van der Waals surface area contributed by atoms with Gasteiger partial charge in [0.1, 0.15) is 0 Å². The molecule has 222 valence electrons. The highest BCUT2D eigenvalue weighted by atomic mass is 14.9. The lowest BCUT2D eigenvalue weighted by Crippen LogP contribution is -2.11. The Bertz CT molecular complexity index is 1260. The van der Waals surface area contributed by atoms with Crippen LogP contribution < -0.4 is 0 Å². The molecule has 0 aliphatic heterocycles. The smallest absolute Gasteiger partial charge is 0.0852 e. The van der Waals surface area contributed by atoms with Crippen molar-refractivity contribution in [2.75, 3.05) is 0 Å². The van der Waals surface area contributed by atoms with E-state index in [0.29, 0.717) is 23.7 Å². The Morgan fingerprint density at radius 2 is 0.881 bits per heavy atom. The lowest BCUT2D eigenvalue weighted by atomic mass is 9.92. The van der Waals surface area contributed by atoms with Crippen molar-refractivity contribution in [3.8, 4) is 0 Å². The minimum absolute atomic E-state index is 0.371. The summed E-state index contributed by atoms with van der Waals surface area (Å²) in [4.78, 5) is 16.0. The van der Waals surface area contributed by atoms with E-state index in [1.54, 1.807) is 0 Å². The molecular weight excluding hydrogens is 510 g/mol. The monoisotopic (exact) mass is 561 g/mol. The Morgan fingerprint density at radius 3 is 1.17 bits per heavy atom. The third kappa shape index (κ3) is 8.25. The Kier molecular flexibility index (Phi) is 12.2. The zero-order valence-electron chi connectivity index (χ0n) is 27.2. The zero-order chi connectivity index (χ0) is 30.8. The average Bonchev–Trinajstić information content (AvgIpc) is 2.96. The number of allylic oxidation sites excluding steroid dienone is 2. The van der Waals surface area contributed by atoms with Crippen molar-refractivity contribution in [3.05, 3.63) is 114 Å². The van der Waals surface area contributed by atoms with Crippen LogP contribution >= 0.6 is 0 Å².